The molecule has 0 nitrogen and oxygen atoms in total. The van der Waals surface area contributed by atoms with E-state index >= 15 is 0 Å². The van der Waals surface area contributed by atoms with Gasteiger partial charge in [0.1, 0.15) is 6.97 Å². The van der Waals surface area contributed by atoms with Gasteiger partial charge in [0.2, 0.25) is 0 Å². The van der Waals surface area contributed by atoms with Crippen LogP contribution >= 0.6 is 63.7 Å². The molecule has 0 aromatic carbocycles. The first kappa shape index (κ1) is 11.9. The fourth-order valence-electron chi connectivity index (χ4n) is 0.493. The highest BCUT2D eigenvalue weighted by molar-refractivity contribution is 9.31. The number of unbranched alkanes of at least 4 members (excludes halogenated alkanes) is 1. The second-order valence-electron chi connectivity index (χ2n) is 2.07. The van der Waals surface area contributed by atoms with Crippen LogP contribution in [0.4, 0.5) is 0 Å². The van der Waals surface area contributed by atoms with Gasteiger partial charge >= 0.3 is 0 Å². The molecule has 0 unspecified atom stereocenters. The lowest BCUT2D eigenvalue weighted by molar-refractivity contribution is 0.719. The summed E-state index contributed by atoms with van der Waals surface area (Å²) in [5, 5.41) is 0. The van der Waals surface area contributed by atoms with Gasteiger partial charge in [-0.1, -0.05) is 83.5 Å². The van der Waals surface area contributed by atoms with Crippen molar-refractivity contribution < 1.29 is 0 Å². The zero-order valence-corrected chi connectivity index (χ0v) is 12.0. The minimum Gasteiger partial charge on any atom is -0.0701 e. The normalized spacial score (nSPS) is 12.6. The van der Waals surface area contributed by atoms with Gasteiger partial charge in [-0.05, 0) is 6.42 Å². The topological polar surface area (TPSA) is 0 Å². The van der Waals surface area contributed by atoms with Crippen LogP contribution in [0, 0.1) is 3.74 Å². The van der Waals surface area contributed by atoms with Gasteiger partial charge in [-0.3, -0.25) is 0 Å². The lowest BCUT2D eigenvalue weighted by Gasteiger charge is -2.20. The number of hydrogen-bond acceptors (Lipinski definition) is 0. The van der Waals surface area contributed by atoms with Crippen molar-refractivity contribution in [1.29, 1.82) is 0 Å². The Hall–Kier alpha value is 1.92. The van der Waals surface area contributed by atoms with E-state index in [1.807, 2.05) is 0 Å². The zero-order chi connectivity index (χ0) is 8.20. The summed E-state index contributed by atoms with van der Waals surface area (Å²) in [6.07, 6.45) is 3.50. The lowest BCUT2D eigenvalue weighted by atomic mass is 10.2. The molecule has 10 heavy (non-hydrogen) atoms. The molecule has 0 aliphatic heterocycles. The lowest BCUT2D eigenvalue weighted by Crippen LogP contribution is -2.12. The van der Waals surface area contributed by atoms with E-state index in [1.165, 1.54) is 12.8 Å². The minimum absolute atomic E-state index is 0.0734. The zero-order valence-electron chi connectivity index (χ0n) is 5.63. The van der Waals surface area contributed by atoms with E-state index in [0.29, 0.717) is 0 Å². The molecule has 0 aromatic rings. The van der Waals surface area contributed by atoms with Crippen molar-refractivity contribution in [3.63, 3.8) is 0 Å². The average Bonchev–Trinajstić information content (AvgIpc) is 1.84. The van der Waals surface area contributed by atoms with Crippen molar-refractivity contribution in [1.82, 2.24) is 0 Å². The Labute approximate surface area is 96.0 Å². The monoisotopic (exact) mass is 397 g/mol. The molecule has 0 atom stereocenters. The highest BCUT2D eigenvalue weighted by atomic mass is 79.9. The Balaban J connectivity index is 3.63. The third kappa shape index (κ3) is 4.73. The molecule has 0 amide bonds. The highest BCUT2D eigenvalue weighted by Crippen LogP contribution is 2.47. The molecule has 4 heteroatoms. The van der Waals surface area contributed by atoms with E-state index in [2.05, 4.69) is 70.6 Å². The summed E-state index contributed by atoms with van der Waals surface area (Å²) < 4.78 is 0.941. The molecule has 0 heterocycles. The van der Waals surface area contributed by atoms with Crippen LogP contribution in [0.1, 0.15) is 26.2 Å². The van der Waals surface area contributed by atoms with Crippen molar-refractivity contribution in [2.75, 3.05) is 0 Å². The number of hydrogen-bond donors (Lipinski definition) is 0. The molecule has 0 aliphatic rings. The van der Waals surface area contributed by atoms with Crippen LogP contribution in [0.2, 0.25) is 0 Å². The van der Waals surface area contributed by atoms with Crippen LogP contribution in [-0.4, -0.2) is 3.23 Å². The smallest absolute Gasteiger partial charge is 0.0701 e. The van der Waals surface area contributed by atoms with Gasteiger partial charge < -0.3 is 0 Å². The van der Waals surface area contributed by atoms with Crippen molar-refractivity contribution in [2.24, 2.45) is 0 Å². The molecule has 0 saturated carbocycles. The van der Waals surface area contributed by atoms with E-state index in [9.17, 15) is 0 Å². The largest absolute Gasteiger partial charge is 0.133 e. The summed E-state index contributed by atoms with van der Waals surface area (Å²) >= 11 is 13.8. The maximum absolute atomic E-state index is 3.53. The van der Waals surface area contributed by atoms with E-state index < -0.39 is 0 Å². The molecule has 0 spiro atoms. The standard InChI is InChI=1S/C6H9Br4/c1-2-3-4-6(9,10)5(7)8/h2-4H2,1H3. The second kappa shape index (κ2) is 5.55. The maximum Gasteiger partial charge on any atom is 0.133 e. The Morgan fingerprint density at radius 3 is 2.10 bits per heavy atom. The van der Waals surface area contributed by atoms with Crippen molar-refractivity contribution in [3.8, 4) is 0 Å². The summed E-state index contributed by atoms with van der Waals surface area (Å²) in [5.41, 5.74) is 0. The van der Waals surface area contributed by atoms with Crippen molar-refractivity contribution in [2.45, 2.75) is 29.4 Å². The Morgan fingerprint density at radius 1 is 1.30 bits per heavy atom. The first-order chi connectivity index (χ1) is 4.50. The van der Waals surface area contributed by atoms with Gasteiger partial charge in [0.05, 0.1) is 0 Å². The third-order valence-corrected chi connectivity index (χ3v) is 6.19. The number of halogens is 4. The van der Waals surface area contributed by atoms with Crippen molar-refractivity contribution in [3.05, 3.63) is 3.74 Å². The Bertz CT molecular complexity index is 89.7. The molecule has 0 N–H and O–H groups in total. The van der Waals surface area contributed by atoms with E-state index in [-0.39, 0.29) is 3.23 Å². The molecule has 0 rings (SSSR count). The predicted octanol–water partition coefficient (Wildman–Crippen LogP) is 4.94. The fraction of sp³-hybridized carbons (Fsp3) is 0.833. The van der Waals surface area contributed by atoms with Crippen molar-refractivity contribution >= 4 is 63.7 Å². The van der Waals surface area contributed by atoms with E-state index in [0.717, 1.165) is 10.2 Å². The van der Waals surface area contributed by atoms with Gasteiger partial charge in [-0.2, -0.15) is 0 Å². The maximum atomic E-state index is 3.53. The van der Waals surface area contributed by atoms with Crippen LogP contribution in [-0.2, 0) is 0 Å². The first-order valence-electron chi connectivity index (χ1n) is 3.07. The molecular weight excluding hydrogens is 392 g/mol. The number of alkyl halides is 2. The first-order valence-corrected chi connectivity index (χ1v) is 6.24. The van der Waals surface area contributed by atoms with Crippen LogP contribution in [0.15, 0.2) is 0 Å². The van der Waals surface area contributed by atoms with Crippen LogP contribution < -0.4 is 0 Å². The Kier molecular flexibility index (Phi) is 6.61. The van der Waals surface area contributed by atoms with Crippen LogP contribution in [0.5, 0.6) is 0 Å². The van der Waals surface area contributed by atoms with Gasteiger partial charge in [0.15, 0.2) is 0 Å². The predicted molar refractivity (Wildman–Crippen MR) is 61.2 cm³/mol. The van der Waals surface area contributed by atoms with Gasteiger partial charge in [0, 0.05) is 0 Å². The minimum atomic E-state index is -0.0734. The second-order valence-corrected chi connectivity index (χ2v) is 8.49. The quantitative estimate of drug-likeness (QED) is 0.586. The molecule has 0 saturated heterocycles. The number of rotatable bonds is 4. The van der Waals surface area contributed by atoms with Crippen LogP contribution in [0.25, 0.3) is 0 Å². The van der Waals surface area contributed by atoms with Gasteiger partial charge in [-0.25, -0.2) is 0 Å². The third-order valence-electron chi connectivity index (χ3n) is 1.12. The summed E-state index contributed by atoms with van der Waals surface area (Å²) in [4.78, 5) is 0. The molecule has 0 aromatic heterocycles. The van der Waals surface area contributed by atoms with E-state index in [4.69, 9.17) is 0 Å². The molecule has 0 bridgehead atoms. The van der Waals surface area contributed by atoms with Gasteiger partial charge in [-0.15, -0.1) is 0 Å². The summed E-state index contributed by atoms with van der Waals surface area (Å²) in [7, 11) is 0. The summed E-state index contributed by atoms with van der Waals surface area (Å²) in [6, 6.07) is 0. The van der Waals surface area contributed by atoms with Crippen LogP contribution in [0.3, 0.4) is 0 Å². The summed E-state index contributed by atoms with van der Waals surface area (Å²) in [5.74, 6) is 0. The Morgan fingerprint density at radius 2 is 1.80 bits per heavy atom. The summed E-state index contributed by atoms with van der Waals surface area (Å²) in [6.45, 7) is 2.18. The average molecular weight is 401 g/mol. The molecule has 1 radical (unpaired) electrons. The molecule has 0 fully saturated rings. The highest BCUT2D eigenvalue weighted by Gasteiger charge is 2.29. The molecule has 0 aliphatic carbocycles. The van der Waals surface area contributed by atoms with Gasteiger partial charge in [0.25, 0.3) is 0 Å². The van der Waals surface area contributed by atoms with E-state index in [1.54, 1.807) is 0 Å². The molecule has 61 valence electrons. The SMILES string of the molecule is CCCCC(Br)(Br)[C](Br)Br. The fourth-order valence-corrected chi connectivity index (χ4v) is 1.45. The molecular formula is C6H9Br4.